The first-order valence-corrected chi connectivity index (χ1v) is 5.41. The maximum atomic E-state index is 9.79. The first-order chi connectivity index (χ1) is 7.72. The summed E-state index contributed by atoms with van der Waals surface area (Å²) in [5.74, 6) is 0.976. The summed E-state index contributed by atoms with van der Waals surface area (Å²) < 4.78 is 10.6. The van der Waals surface area contributed by atoms with Crippen LogP contribution in [0.25, 0.3) is 0 Å². The van der Waals surface area contributed by atoms with Crippen molar-refractivity contribution in [2.45, 2.75) is 13.0 Å². The molecule has 2 rings (SSSR count). The van der Waals surface area contributed by atoms with Gasteiger partial charge < -0.3 is 19.9 Å². The summed E-state index contributed by atoms with van der Waals surface area (Å²) in [4.78, 5) is 0. The standard InChI is InChI=1S/C12H17NO3/c1-8-11(14)5-9(6-12(8)15-2)10-7-16-4-3-13-10/h5-6,10,13-14H,3-4,7H2,1-2H3. The minimum atomic E-state index is 0.133. The van der Waals surface area contributed by atoms with Crippen LogP contribution in [0.1, 0.15) is 17.2 Å². The predicted molar refractivity (Wildman–Crippen MR) is 61.0 cm³/mol. The molecule has 1 aliphatic heterocycles. The van der Waals surface area contributed by atoms with E-state index in [0.29, 0.717) is 12.4 Å². The monoisotopic (exact) mass is 223 g/mol. The molecule has 1 aliphatic rings. The minimum absolute atomic E-state index is 0.133. The van der Waals surface area contributed by atoms with E-state index >= 15 is 0 Å². The second kappa shape index (κ2) is 4.72. The van der Waals surface area contributed by atoms with Gasteiger partial charge in [-0.25, -0.2) is 0 Å². The van der Waals surface area contributed by atoms with E-state index in [0.717, 1.165) is 24.3 Å². The van der Waals surface area contributed by atoms with Crippen molar-refractivity contribution in [1.29, 1.82) is 0 Å². The lowest BCUT2D eigenvalue weighted by molar-refractivity contribution is 0.0767. The maximum Gasteiger partial charge on any atom is 0.125 e. The third-order valence-corrected chi connectivity index (χ3v) is 2.90. The Morgan fingerprint density at radius 1 is 1.50 bits per heavy atom. The van der Waals surface area contributed by atoms with Crippen LogP contribution in [0.5, 0.6) is 11.5 Å². The van der Waals surface area contributed by atoms with Crippen molar-refractivity contribution >= 4 is 0 Å². The molecule has 16 heavy (non-hydrogen) atoms. The van der Waals surface area contributed by atoms with Crippen molar-refractivity contribution in [2.24, 2.45) is 0 Å². The fourth-order valence-corrected chi connectivity index (χ4v) is 1.89. The number of hydrogen-bond acceptors (Lipinski definition) is 4. The summed E-state index contributed by atoms with van der Waals surface area (Å²) in [6.45, 7) is 4.04. The second-order valence-electron chi connectivity index (χ2n) is 3.95. The van der Waals surface area contributed by atoms with E-state index in [1.54, 1.807) is 13.2 Å². The van der Waals surface area contributed by atoms with Gasteiger partial charge in [0.15, 0.2) is 0 Å². The molecule has 1 saturated heterocycles. The van der Waals surface area contributed by atoms with Gasteiger partial charge in [0, 0.05) is 12.1 Å². The van der Waals surface area contributed by atoms with Crippen LogP contribution >= 0.6 is 0 Å². The fourth-order valence-electron chi connectivity index (χ4n) is 1.89. The Morgan fingerprint density at radius 2 is 2.31 bits per heavy atom. The summed E-state index contributed by atoms with van der Waals surface area (Å²) in [6, 6.07) is 3.85. The van der Waals surface area contributed by atoms with Gasteiger partial charge in [-0.15, -0.1) is 0 Å². The van der Waals surface area contributed by atoms with Crippen molar-refractivity contribution < 1.29 is 14.6 Å². The summed E-state index contributed by atoms with van der Waals surface area (Å²) in [6.07, 6.45) is 0. The SMILES string of the molecule is COc1cc(C2COCCN2)cc(O)c1C. The van der Waals surface area contributed by atoms with Gasteiger partial charge in [0.2, 0.25) is 0 Å². The van der Waals surface area contributed by atoms with Crippen LogP contribution in [0.2, 0.25) is 0 Å². The molecule has 1 aromatic carbocycles. The summed E-state index contributed by atoms with van der Waals surface area (Å²) in [5, 5.41) is 13.1. The third-order valence-electron chi connectivity index (χ3n) is 2.90. The van der Waals surface area contributed by atoms with E-state index in [4.69, 9.17) is 9.47 Å². The average Bonchev–Trinajstić information content (AvgIpc) is 2.33. The molecule has 88 valence electrons. The van der Waals surface area contributed by atoms with Gasteiger partial charge in [0.05, 0.1) is 26.4 Å². The van der Waals surface area contributed by atoms with E-state index in [2.05, 4.69) is 5.32 Å². The molecular formula is C12H17NO3. The molecule has 0 bridgehead atoms. The zero-order valence-electron chi connectivity index (χ0n) is 9.62. The van der Waals surface area contributed by atoms with Crippen molar-refractivity contribution in [3.8, 4) is 11.5 Å². The maximum absolute atomic E-state index is 9.79. The highest BCUT2D eigenvalue weighted by Crippen LogP contribution is 2.31. The first-order valence-electron chi connectivity index (χ1n) is 5.41. The molecule has 0 aliphatic carbocycles. The van der Waals surface area contributed by atoms with Crippen molar-refractivity contribution in [1.82, 2.24) is 5.32 Å². The summed E-state index contributed by atoms with van der Waals surface area (Å²) in [5.41, 5.74) is 1.77. The number of methoxy groups -OCH3 is 1. The predicted octanol–water partition coefficient (Wildman–Crippen LogP) is 1.37. The van der Waals surface area contributed by atoms with Gasteiger partial charge in [0.25, 0.3) is 0 Å². The lowest BCUT2D eigenvalue weighted by atomic mass is 10.0. The van der Waals surface area contributed by atoms with Gasteiger partial charge in [-0.05, 0) is 24.6 Å². The Balaban J connectivity index is 2.29. The number of rotatable bonds is 2. The van der Waals surface area contributed by atoms with E-state index < -0.39 is 0 Å². The number of aromatic hydroxyl groups is 1. The Kier molecular flexibility index (Phi) is 3.31. The van der Waals surface area contributed by atoms with Crippen LogP contribution in [0, 0.1) is 6.92 Å². The topological polar surface area (TPSA) is 50.7 Å². The number of phenolic OH excluding ortho intramolecular Hbond substituents is 1. The van der Waals surface area contributed by atoms with E-state index in [-0.39, 0.29) is 11.8 Å². The van der Waals surface area contributed by atoms with Crippen molar-refractivity contribution in [3.05, 3.63) is 23.3 Å². The lowest BCUT2D eigenvalue weighted by Crippen LogP contribution is -2.34. The number of morpholine rings is 1. The smallest absolute Gasteiger partial charge is 0.125 e. The van der Waals surface area contributed by atoms with Gasteiger partial charge in [-0.1, -0.05) is 0 Å². The quantitative estimate of drug-likeness (QED) is 0.795. The first kappa shape index (κ1) is 11.2. The summed E-state index contributed by atoms with van der Waals surface area (Å²) >= 11 is 0. The fraction of sp³-hybridized carbons (Fsp3) is 0.500. The molecule has 0 amide bonds. The molecular weight excluding hydrogens is 206 g/mol. The van der Waals surface area contributed by atoms with E-state index in [9.17, 15) is 5.11 Å². The molecule has 1 heterocycles. The Bertz CT molecular complexity index is 373. The van der Waals surface area contributed by atoms with Crippen LogP contribution in [0.15, 0.2) is 12.1 Å². The summed E-state index contributed by atoms with van der Waals surface area (Å²) in [7, 11) is 1.61. The molecule has 0 saturated carbocycles. The molecule has 1 fully saturated rings. The second-order valence-corrected chi connectivity index (χ2v) is 3.95. The van der Waals surface area contributed by atoms with Crippen molar-refractivity contribution in [2.75, 3.05) is 26.9 Å². The number of phenols is 1. The molecule has 4 heteroatoms. The molecule has 4 nitrogen and oxygen atoms in total. The van der Waals surface area contributed by atoms with Crippen LogP contribution in [-0.4, -0.2) is 32.0 Å². The highest BCUT2D eigenvalue weighted by Gasteiger charge is 2.18. The number of benzene rings is 1. The number of ether oxygens (including phenoxy) is 2. The van der Waals surface area contributed by atoms with Crippen LogP contribution in [-0.2, 0) is 4.74 Å². The zero-order chi connectivity index (χ0) is 11.5. The van der Waals surface area contributed by atoms with Crippen LogP contribution in [0.3, 0.4) is 0 Å². The minimum Gasteiger partial charge on any atom is -0.508 e. The molecule has 0 spiro atoms. The van der Waals surface area contributed by atoms with E-state index in [1.807, 2.05) is 13.0 Å². The number of nitrogens with one attached hydrogen (secondary N) is 1. The molecule has 1 aromatic rings. The zero-order valence-corrected chi connectivity index (χ0v) is 9.62. The van der Waals surface area contributed by atoms with Gasteiger partial charge in [-0.3, -0.25) is 0 Å². The van der Waals surface area contributed by atoms with Crippen molar-refractivity contribution in [3.63, 3.8) is 0 Å². The molecule has 0 aromatic heterocycles. The van der Waals surface area contributed by atoms with Gasteiger partial charge in [-0.2, -0.15) is 0 Å². The Hall–Kier alpha value is -1.26. The van der Waals surface area contributed by atoms with E-state index in [1.165, 1.54) is 0 Å². The molecule has 1 atom stereocenters. The highest BCUT2D eigenvalue weighted by molar-refractivity contribution is 5.47. The lowest BCUT2D eigenvalue weighted by Gasteiger charge is -2.25. The molecule has 2 N–H and O–H groups in total. The molecule has 0 radical (unpaired) electrons. The van der Waals surface area contributed by atoms with Gasteiger partial charge >= 0.3 is 0 Å². The van der Waals surface area contributed by atoms with Crippen LogP contribution < -0.4 is 10.1 Å². The van der Waals surface area contributed by atoms with Gasteiger partial charge in [0.1, 0.15) is 11.5 Å². The molecule has 1 unspecified atom stereocenters. The Morgan fingerprint density at radius 3 is 2.94 bits per heavy atom. The van der Waals surface area contributed by atoms with Crippen LogP contribution in [0.4, 0.5) is 0 Å². The third kappa shape index (κ3) is 2.13. The largest absolute Gasteiger partial charge is 0.508 e. The normalized spacial score (nSPS) is 20.8. The highest BCUT2D eigenvalue weighted by atomic mass is 16.5. The average molecular weight is 223 g/mol. The Labute approximate surface area is 95.2 Å². The number of hydrogen-bond donors (Lipinski definition) is 2.